The summed E-state index contributed by atoms with van der Waals surface area (Å²) < 4.78 is 0. The van der Waals surface area contributed by atoms with Crippen molar-refractivity contribution in [3.63, 3.8) is 0 Å². The maximum absolute atomic E-state index is 5.59. The molecule has 1 fully saturated rings. The van der Waals surface area contributed by atoms with E-state index in [0.717, 1.165) is 23.8 Å². The minimum atomic E-state index is 0.473. The Morgan fingerprint density at radius 1 is 1.56 bits per heavy atom. The summed E-state index contributed by atoms with van der Waals surface area (Å²) in [5, 5.41) is 0. The van der Waals surface area contributed by atoms with Gasteiger partial charge < -0.3 is 10.6 Å². The molecule has 1 aliphatic rings. The van der Waals surface area contributed by atoms with Crippen LogP contribution in [-0.2, 0) is 6.54 Å². The van der Waals surface area contributed by atoms with E-state index in [-0.39, 0.29) is 0 Å². The lowest BCUT2D eigenvalue weighted by Crippen LogP contribution is -2.26. The minimum absolute atomic E-state index is 0.473. The van der Waals surface area contributed by atoms with Crippen LogP contribution < -0.4 is 10.6 Å². The van der Waals surface area contributed by atoms with Gasteiger partial charge in [-0.2, -0.15) is 0 Å². The fraction of sp³-hybridized carbons (Fsp3) is 0.462. The highest BCUT2D eigenvalue weighted by Gasteiger charge is 2.24. The Bertz CT molecular complexity index is 390. The first kappa shape index (κ1) is 11.0. The molecular formula is C13H17N3. The van der Waals surface area contributed by atoms with Crippen molar-refractivity contribution in [2.24, 2.45) is 11.7 Å². The van der Waals surface area contributed by atoms with E-state index in [1.807, 2.05) is 12.1 Å². The van der Waals surface area contributed by atoms with E-state index < -0.39 is 0 Å². The average Bonchev–Trinajstić information content (AvgIpc) is 3.12. The summed E-state index contributed by atoms with van der Waals surface area (Å²) in [6, 6.07) is 4.03. The summed E-state index contributed by atoms with van der Waals surface area (Å²) in [4.78, 5) is 6.43. The maximum Gasteiger partial charge on any atom is 0.0791 e. The molecular weight excluding hydrogens is 198 g/mol. The van der Waals surface area contributed by atoms with E-state index in [1.54, 1.807) is 6.20 Å². The van der Waals surface area contributed by atoms with E-state index >= 15 is 0 Å². The van der Waals surface area contributed by atoms with Crippen molar-refractivity contribution < 1.29 is 0 Å². The van der Waals surface area contributed by atoms with Gasteiger partial charge in [-0.3, -0.25) is 4.98 Å². The zero-order valence-corrected chi connectivity index (χ0v) is 9.39. The number of anilines is 1. The number of terminal acetylenes is 1. The van der Waals surface area contributed by atoms with Crippen LogP contribution in [0.4, 0.5) is 5.69 Å². The Morgan fingerprint density at radius 2 is 2.38 bits per heavy atom. The predicted octanol–water partition coefficient (Wildman–Crippen LogP) is 1.39. The van der Waals surface area contributed by atoms with E-state index in [9.17, 15) is 0 Å². The summed E-state index contributed by atoms with van der Waals surface area (Å²) in [5.41, 5.74) is 7.64. The maximum atomic E-state index is 5.59. The summed E-state index contributed by atoms with van der Waals surface area (Å²) in [7, 11) is 0. The van der Waals surface area contributed by atoms with Crippen molar-refractivity contribution in [3.05, 3.63) is 24.0 Å². The number of hydrogen-bond acceptors (Lipinski definition) is 3. The van der Waals surface area contributed by atoms with Crippen LogP contribution in [0.15, 0.2) is 18.3 Å². The zero-order chi connectivity index (χ0) is 11.4. The molecule has 2 N–H and O–H groups in total. The molecule has 0 aliphatic heterocycles. The zero-order valence-electron chi connectivity index (χ0n) is 9.39. The van der Waals surface area contributed by atoms with Crippen LogP contribution in [0, 0.1) is 18.3 Å². The van der Waals surface area contributed by atoms with Gasteiger partial charge in [-0.25, -0.2) is 0 Å². The van der Waals surface area contributed by atoms with Gasteiger partial charge in [0.1, 0.15) is 0 Å². The molecule has 84 valence electrons. The SMILES string of the molecule is C#CCN(CC1CC1)c1ccnc(CN)c1. The van der Waals surface area contributed by atoms with Crippen LogP contribution in [0.3, 0.4) is 0 Å². The second-order valence-electron chi connectivity index (χ2n) is 4.24. The topological polar surface area (TPSA) is 42.2 Å². The summed E-state index contributed by atoms with van der Waals surface area (Å²) >= 11 is 0. The molecule has 1 saturated carbocycles. The molecule has 16 heavy (non-hydrogen) atoms. The Balaban J connectivity index is 2.12. The molecule has 1 aromatic heterocycles. The molecule has 3 heteroatoms. The van der Waals surface area contributed by atoms with E-state index in [2.05, 4.69) is 15.8 Å². The molecule has 0 radical (unpaired) electrons. The molecule has 0 bridgehead atoms. The Hall–Kier alpha value is -1.53. The quantitative estimate of drug-likeness (QED) is 0.755. The molecule has 0 amide bonds. The molecule has 1 aromatic rings. The van der Waals surface area contributed by atoms with E-state index in [4.69, 9.17) is 12.2 Å². The molecule has 0 atom stereocenters. The monoisotopic (exact) mass is 215 g/mol. The first-order valence-electron chi connectivity index (χ1n) is 5.67. The lowest BCUT2D eigenvalue weighted by Gasteiger charge is -2.22. The third kappa shape index (κ3) is 2.74. The van der Waals surface area contributed by atoms with Crippen molar-refractivity contribution in [3.8, 4) is 12.3 Å². The highest BCUT2D eigenvalue weighted by Crippen LogP contribution is 2.31. The van der Waals surface area contributed by atoms with E-state index in [0.29, 0.717) is 13.1 Å². The predicted molar refractivity (Wildman–Crippen MR) is 65.9 cm³/mol. The minimum Gasteiger partial charge on any atom is -0.360 e. The van der Waals surface area contributed by atoms with Crippen molar-refractivity contribution in [1.82, 2.24) is 4.98 Å². The van der Waals surface area contributed by atoms with Crippen LogP contribution in [0.1, 0.15) is 18.5 Å². The fourth-order valence-corrected chi connectivity index (χ4v) is 1.76. The first-order chi connectivity index (χ1) is 7.83. The van der Waals surface area contributed by atoms with Crippen molar-refractivity contribution in [2.75, 3.05) is 18.0 Å². The van der Waals surface area contributed by atoms with Crippen molar-refractivity contribution in [1.29, 1.82) is 0 Å². The number of hydrogen-bond donors (Lipinski definition) is 1. The van der Waals surface area contributed by atoms with Gasteiger partial charge in [-0.15, -0.1) is 6.42 Å². The lowest BCUT2D eigenvalue weighted by atomic mass is 10.2. The van der Waals surface area contributed by atoms with Gasteiger partial charge in [-0.1, -0.05) is 5.92 Å². The van der Waals surface area contributed by atoms with Crippen LogP contribution in [-0.4, -0.2) is 18.1 Å². The normalized spacial score (nSPS) is 14.5. The second-order valence-corrected chi connectivity index (χ2v) is 4.24. The average molecular weight is 215 g/mol. The molecule has 2 rings (SSSR count). The van der Waals surface area contributed by atoms with Gasteiger partial charge in [0.2, 0.25) is 0 Å². The largest absolute Gasteiger partial charge is 0.360 e. The van der Waals surface area contributed by atoms with Crippen molar-refractivity contribution in [2.45, 2.75) is 19.4 Å². The summed E-state index contributed by atoms with van der Waals surface area (Å²) in [5.74, 6) is 3.53. The highest BCUT2D eigenvalue weighted by atomic mass is 15.1. The van der Waals surface area contributed by atoms with Crippen LogP contribution in [0.2, 0.25) is 0 Å². The summed E-state index contributed by atoms with van der Waals surface area (Å²) in [6.45, 7) is 2.18. The summed E-state index contributed by atoms with van der Waals surface area (Å²) in [6.07, 6.45) is 9.86. The Morgan fingerprint density at radius 3 is 3.00 bits per heavy atom. The number of nitrogens with zero attached hydrogens (tertiary/aromatic N) is 2. The van der Waals surface area contributed by atoms with Crippen molar-refractivity contribution >= 4 is 5.69 Å². The molecule has 0 spiro atoms. The smallest absolute Gasteiger partial charge is 0.0791 e. The third-order valence-electron chi connectivity index (χ3n) is 2.83. The number of pyridine rings is 1. The number of rotatable bonds is 5. The van der Waals surface area contributed by atoms with E-state index in [1.165, 1.54) is 12.8 Å². The van der Waals surface area contributed by atoms with Crippen LogP contribution in [0.25, 0.3) is 0 Å². The van der Waals surface area contributed by atoms with Gasteiger partial charge in [0.05, 0.1) is 12.2 Å². The number of nitrogens with two attached hydrogens (primary N) is 1. The molecule has 3 nitrogen and oxygen atoms in total. The van der Waals surface area contributed by atoms with Crippen LogP contribution in [0.5, 0.6) is 0 Å². The molecule has 0 aromatic carbocycles. The fourth-order valence-electron chi connectivity index (χ4n) is 1.76. The standard InChI is InChI=1S/C13H17N3/c1-2-7-16(10-11-3-4-11)13-5-6-15-12(8-13)9-14/h1,5-6,8,11H,3-4,7,9-10,14H2. The molecule has 0 saturated heterocycles. The Kier molecular flexibility index (Phi) is 3.43. The molecule has 1 aliphatic carbocycles. The van der Waals surface area contributed by atoms with Gasteiger partial charge >= 0.3 is 0 Å². The molecule has 0 unspecified atom stereocenters. The van der Waals surface area contributed by atoms with Crippen LogP contribution >= 0.6 is 0 Å². The highest BCUT2D eigenvalue weighted by molar-refractivity contribution is 5.47. The van der Waals surface area contributed by atoms with Gasteiger partial charge in [0, 0.05) is 25.0 Å². The Labute approximate surface area is 96.7 Å². The van der Waals surface area contributed by atoms with Gasteiger partial charge in [-0.05, 0) is 30.9 Å². The first-order valence-corrected chi connectivity index (χ1v) is 5.67. The van der Waals surface area contributed by atoms with Gasteiger partial charge in [0.25, 0.3) is 0 Å². The third-order valence-corrected chi connectivity index (χ3v) is 2.83. The van der Waals surface area contributed by atoms with Gasteiger partial charge in [0.15, 0.2) is 0 Å². The molecule has 1 heterocycles. The second kappa shape index (κ2) is 5.00. The number of aromatic nitrogens is 1. The lowest BCUT2D eigenvalue weighted by molar-refractivity contribution is 0.763.